The first kappa shape index (κ1) is 10.8. The molecule has 2 aromatic rings. The second-order valence-corrected chi connectivity index (χ2v) is 3.97. The standard InChI is InChI=1S/C11H9NO3S/c13-16(14)10-6-7-11(12-8-10)15-9-4-2-1-3-5-9/h1-8H,(H,13,14). The lowest BCUT2D eigenvalue weighted by atomic mass is 10.3. The Bertz CT molecular complexity index is 484. The minimum Gasteiger partial charge on any atom is -0.439 e. The number of rotatable bonds is 3. The molecule has 0 aliphatic carbocycles. The highest BCUT2D eigenvalue weighted by Gasteiger charge is 2.02. The van der Waals surface area contributed by atoms with Crippen LogP contribution in [-0.4, -0.2) is 13.7 Å². The Labute approximate surface area is 95.2 Å². The fourth-order valence-corrected chi connectivity index (χ4v) is 1.47. The van der Waals surface area contributed by atoms with E-state index < -0.39 is 11.1 Å². The molecule has 82 valence electrons. The Morgan fingerprint density at radius 3 is 2.44 bits per heavy atom. The lowest BCUT2D eigenvalue weighted by Gasteiger charge is -2.03. The van der Waals surface area contributed by atoms with E-state index in [9.17, 15) is 4.21 Å². The van der Waals surface area contributed by atoms with Crippen molar-refractivity contribution in [1.29, 1.82) is 0 Å². The highest BCUT2D eigenvalue weighted by atomic mass is 32.2. The third-order valence-electron chi connectivity index (χ3n) is 1.88. The molecule has 1 aromatic carbocycles. The molecule has 4 nitrogen and oxygen atoms in total. The first-order chi connectivity index (χ1) is 7.75. The first-order valence-electron chi connectivity index (χ1n) is 4.55. The normalized spacial score (nSPS) is 12.1. The van der Waals surface area contributed by atoms with Gasteiger partial charge in [0.05, 0.1) is 4.90 Å². The lowest BCUT2D eigenvalue weighted by Crippen LogP contribution is -1.91. The highest BCUT2D eigenvalue weighted by molar-refractivity contribution is 7.79. The molecule has 0 aliphatic rings. The molecule has 1 N–H and O–H groups in total. The average Bonchev–Trinajstić information content (AvgIpc) is 2.31. The number of aromatic nitrogens is 1. The number of hydrogen-bond donors (Lipinski definition) is 1. The van der Waals surface area contributed by atoms with Crippen molar-refractivity contribution in [3.8, 4) is 11.6 Å². The van der Waals surface area contributed by atoms with Crippen LogP contribution in [0.15, 0.2) is 53.6 Å². The van der Waals surface area contributed by atoms with Crippen molar-refractivity contribution in [1.82, 2.24) is 4.98 Å². The molecule has 1 atom stereocenters. The molecule has 16 heavy (non-hydrogen) atoms. The number of benzene rings is 1. The van der Waals surface area contributed by atoms with Gasteiger partial charge in [-0.3, -0.25) is 0 Å². The molecule has 1 unspecified atom stereocenters. The predicted octanol–water partition coefficient (Wildman–Crippen LogP) is 2.45. The monoisotopic (exact) mass is 235 g/mol. The van der Waals surface area contributed by atoms with Gasteiger partial charge in [-0.05, 0) is 18.2 Å². The van der Waals surface area contributed by atoms with Crippen molar-refractivity contribution >= 4 is 11.1 Å². The summed E-state index contributed by atoms with van der Waals surface area (Å²) in [6.45, 7) is 0. The molecule has 0 aliphatic heterocycles. The maximum Gasteiger partial charge on any atom is 0.219 e. The molecule has 0 bridgehead atoms. The summed E-state index contributed by atoms with van der Waals surface area (Å²) in [4.78, 5) is 4.17. The Balaban J connectivity index is 2.14. The van der Waals surface area contributed by atoms with Crippen LogP contribution >= 0.6 is 0 Å². The van der Waals surface area contributed by atoms with E-state index in [1.54, 1.807) is 18.2 Å². The van der Waals surface area contributed by atoms with Gasteiger partial charge in [0.1, 0.15) is 5.75 Å². The molecule has 0 saturated carbocycles. The van der Waals surface area contributed by atoms with Gasteiger partial charge in [0.25, 0.3) is 0 Å². The molecule has 5 heteroatoms. The lowest BCUT2D eigenvalue weighted by molar-refractivity contribution is 0.462. The minimum atomic E-state index is -2.00. The van der Waals surface area contributed by atoms with E-state index in [1.807, 2.05) is 18.2 Å². The Morgan fingerprint density at radius 1 is 1.12 bits per heavy atom. The first-order valence-corrected chi connectivity index (χ1v) is 5.66. The average molecular weight is 235 g/mol. The van der Waals surface area contributed by atoms with E-state index in [1.165, 1.54) is 12.3 Å². The van der Waals surface area contributed by atoms with Gasteiger partial charge in [0.15, 0.2) is 11.1 Å². The van der Waals surface area contributed by atoms with Crippen molar-refractivity contribution in [2.24, 2.45) is 0 Å². The largest absolute Gasteiger partial charge is 0.439 e. The fourth-order valence-electron chi connectivity index (χ4n) is 1.14. The number of hydrogen-bond acceptors (Lipinski definition) is 3. The van der Waals surface area contributed by atoms with Crippen LogP contribution in [0.5, 0.6) is 11.6 Å². The van der Waals surface area contributed by atoms with Crippen molar-refractivity contribution in [2.45, 2.75) is 4.90 Å². The van der Waals surface area contributed by atoms with E-state index in [-0.39, 0.29) is 4.90 Å². The summed E-state index contributed by atoms with van der Waals surface area (Å²) in [7, 11) is 0. The summed E-state index contributed by atoms with van der Waals surface area (Å²) in [5, 5.41) is 0. The van der Waals surface area contributed by atoms with Gasteiger partial charge < -0.3 is 9.29 Å². The van der Waals surface area contributed by atoms with Gasteiger partial charge in [-0.1, -0.05) is 18.2 Å². The molecular weight excluding hydrogens is 226 g/mol. The van der Waals surface area contributed by atoms with E-state index >= 15 is 0 Å². The summed E-state index contributed by atoms with van der Waals surface area (Å²) in [5.41, 5.74) is 0. The third kappa shape index (κ3) is 2.65. The third-order valence-corrected chi connectivity index (χ3v) is 2.52. The Hall–Kier alpha value is -1.72. The van der Waals surface area contributed by atoms with Gasteiger partial charge in [0, 0.05) is 12.3 Å². The maximum absolute atomic E-state index is 10.7. The van der Waals surface area contributed by atoms with Gasteiger partial charge in [-0.15, -0.1) is 0 Å². The van der Waals surface area contributed by atoms with E-state index in [0.29, 0.717) is 11.6 Å². The van der Waals surface area contributed by atoms with Crippen LogP contribution in [-0.2, 0) is 11.1 Å². The molecule has 1 heterocycles. The van der Waals surface area contributed by atoms with E-state index in [0.717, 1.165) is 0 Å². The minimum absolute atomic E-state index is 0.250. The van der Waals surface area contributed by atoms with Gasteiger partial charge in [0.2, 0.25) is 5.88 Å². The molecule has 2 rings (SSSR count). The number of pyridine rings is 1. The second-order valence-electron chi connectivity index (χ2n) is 3.00. The van der Waals surface area contributed by atoms with E-state index in [4.69, 9.17) is 9.29 Å². The summed E-state index contributed by atoms with van der Waals surface area (Å²) in [5.74, 6) is 1.06. The number of para-hydroxylation sites is 1. The topological polar surface area (TPSA) is 59.4 Å². The van der Waals surface area contributed by atoms with Gasteiger partial charge in [-0.2, -0.15) is 0 Å². The molecule has 0 radical (unpaired) electrons. The smallest absolute Gasteiger partial charge is 0.219 e. The van der Waals surface area contributed by atoms with Crippen LogP contribution in [0.1, 0.15) is 0 Å². The highest BCUT2D eigenvalue weighted by Crippen LogP contribution is 2.18. The fraction of sp³-hybridized carbons (Fsp3) is 0. The Morgan fingerprint density at radius 2 is 1.88 bits per heavy atom. The number of nitrogens with zero attached hydrogens (tertiary/aromatic N) is 1. The summed E-state index contributed by atoms with van der Waals surface area (Å²) in [6, 6.07) is 12.3. The summed E-state index contributed by atoms with van der Waals surface area (Å²) in [6.07, 6.45) is 1.31. The molecule has 0 amide bonds. The quantitative estimate of drug-likeness (QED) is 0.830. The van der Waals surface area contributed by atoms with Gasteiger partial charge in [-0.25, -0.2) is 9.19 Å². The van der Waals surface area contributed by atoms with Crippen molar-refractivity contribution < 1.29 is 13.5 Å². The SMILES string of the molecule is O=S(O)c1ccc(Oc2ccccc2)nc1. The van der Waals surface area contributed by atoms with Crippen LogP contribution < -0.4 is 4.74 Å². The zero-order valence-electron chi connectivity index (χ0n) is 8.24. The Kier molecular flexibility index (Phi) is 3.28. The second kappa shape index (κ2) is 4.87. The van der Waals surface area contributed by atoms with Crippen LogP contribution in [0.3, 0.4) is 0 Å². The summed E-state index contributed by atoms with van der Waals surface area (Å²) < 4.78 is 24.9. The van der Waals surface area contributed by atoms with Crippen LogP contribution in [0, 0.1) is 0 Å². The molecule has 0 spiro atoms. The number of ether oxygens (including phenoxy) is 1. The van der Waals surface area contributed by atoms with Crippen LogP contribution in [0.4, 0.5) is 0 Å². The molecule has 0 saturated heterocycles. The van der Waals surface area contributed by atoms with Crippen LogP contribution in [0.25, 0.3) is 0 Å². The van der Waals surface area contributed by atoms with E-state index in [2.05, 4.69) is 4.98 Å². The molecule has 1 aromatic heterocycles. The van der Waals surface area contributed by atoms with Crippen molar-refractivity contribution in [2.75, 3.05) is 0 Å². The predicted molar refractivity (Wildman–Crippen MR) is 59.8 cm³/mol. The molecule has 0 fully saturated rings. The van der Waals surface area contributed by atoms with Crippen molar-refractivity contribution in [3.05, 3.63) is 48.7 Å². The summed E-state index contributed by atoms with van der Waals surface area (Å²) >= 11 is -2.00. The van der Waals surface area contributed by atoms with Crippen LogP contribution in [0.2, 0.25) is 0 Å². The molecular formula is C11H9NO3S. The zero-order chi connectivity index (χ0) is 11.4. The zero-order valence-corrected chi connectivity index (χ0v) is 9.05. The van der Waals surface area contributed by atoms with Gasteiger partial charge >= 0.3 is 0 Å². The maximum atomic E-state index is 10.7. The van der Waals surface area contributed by atoms with Crippen molar-refractivity contribution in [3.63, 3.8) is 0 Å².